The number of hydrogen-bond donors (Lipinski definition) is 2. The Hall–Kier alpha value is -1.82. The first-order valence-corrected chi connectivity index (χ1v) is 6.20. The summed E-state index contributed by atoms with van der Waals surface area (Å²) in [5, 5.41) is 16.3. The van der Waals surface area contributed by atoms with Gasteiger partial charge in [-0.05, 0) is 24.3 Å². The van der Waals surface area contributed by atoms with Gasteiger partial charge in [0.2, 0.25) is 0 Å². The molecule has 0 bridgehead atoms. The number of aromatic nitrogens is 2. The number of carbonyl (C=O) groups excluding carboxylic acids is 1. The average molecular weight is 310 g/mol. The van der Waals surface area contributed by atoms with Crippen LogP contribution in [0.5, 0.6) is 5.75 Å². The highest BCUT2D eigenvalue weighted by molar-refractivity contribution is 9.10. The van der Waals surface area contributed by atoms with Crippen LogP contribution in [-0.2, 0) is 6.54 Å². The van der Waals surface area contributed by atoms with Crippen LogP contribution in [0.15, 0.2) is 41.1 Å². The summed E-state index contributed by atoms with van der Waals surface area (Å²) in [5.74, 6) is -0.337. The van der Waals surface area contributed by atoms with Crippen molar-refractivity contribution in [3.8, 4) is 5.75 Å². The van der Waals surface area contributed by atoms with E-state index in [4.69, 9.17) is 0 Å². The minimum absolute atomic E-state index is 0.0326. The molecule has 2 N–H and O–H groups in total. The lowest BCUT2D eigenvalue weighted by molar-refractivity contribution is 0.0949. The first-order valence-electron chi connectivity index (χ1n) is 5.41. The second-order valence-electron chi connectivity index (χ2n) is 3.69. The third-order valence-electron chi connectivity index (χ3n) is 2.39. The van der Waals surface area contributed by atoms with Gasteiger partial charge in [0.15, 0.2) is 0 Å². The predicted molar refractivity (Wildman–Crippen MR) is 70.4 cm³/mol. The van der Waals surface area contributed by atoms with Crippen molar-refractivity contribution in [1.82, 2.24) is 15.1 Å². The summed E-state index contributed by atoms with van der Waals surface area (Å²) in [5.41, 5.74) is 0.254. The standard InChI is InChI=1S/C12H12BrN3O2/c13-9-2-3-11(17)10(8-9)12(18)14-5-7-16-6-1-4-15-16/h1-4,6,8,17H,5,7H2,(H,14,18). The zero-order valence-corrected chi connectivity index (χ0v) is 11.1. The van der Waals surface area contributed by atoms with Crippen LogP contribution in [0.1, 0.15) is 10.4 Å². The number of benzene rings is 1. The Morgan fingerprint density at radius 1 is 1.50 bits per heavy atom. The van der Waals surface area contributed by atoms with Crippen LogP contribution in [0.3, 0.4) is 0 Å². The summed E-state index contributed by atoms with van der Waals surface area (Å²) in [4.78, 5) is 11.8. The van der Waals surface area contributed by atoms with E-state index >= 15 is 0 Å². The number of hydrogen-bond acceptors (Lipinski definition) is 3. The van der Waals surface area contributed by atoms with Crippen molar-refractivity contribution in [2.75, 3.05) is 6.54 Å². The summed E-state index contributed by atoms with van der Waals surface area (Å²) < 4.78 is 2.47. The number of nitrogens with one attached hydrogen (secondary N) is 1. The molecule has 0 saturated heterocycles. The Kier molecular flexibility index (Phi) is 3.99. The van der Waals surface area contributed by atoms with Crippen molar-refractivity contribution in [2.45, 2.75) is 6.54 Å². The number of aromatic hydroxyl groups is 1. The topological polar surface area (TPSA) is 67.2 Å². The third-order valence-corrected chi connectivity index (χ3v) is 2.88. The fourth-order valence-corrected chi connectivity index (χ4v) is 1.86. The number of halogens is 1. The van der Waals surface area contributed by atoms with Crippen LogP contribution in [-0.4, -0.2) is 27.3 Å². The van der Waals surface area contributed by atoms with Crippen LogP contribution >= 0.6 is 15.9 Å². The molecule has 6 heteroatoms. The highest BCUT2D eigenvalue weighted by Crippen LogP contribution is 2.21. The normalized spacial score (nSPS) is 10.3. The van der Waals surface area contributed by atoms with Crippen molar-refractivity contribution in [1.29, 1.82) is 0 Å². The van der Waals surface area contributed by atoms with E-state index in [1.165, 1.54) is 6.07 Å². The smallest absolute Gasteiger partial charge is 0.255 e. The van der Waals surface area contributed by atoms with Gasteiger partial charge in [0, 0.05) is 23.4 Å². The maximum atomic E-state index is 11.8. The largest absolute Gasteiger partial charge is 0.507 e. The van der Waals surface area contributed by atoms with E-state index in [1.807, 2.05) is 12.3 Å². The number of carbonyl (C=O) groups is 1. The van der Waals surface area contributed by atoms with Gasteiger partial charge in [-0.1, -0.05) is 15.9 Å². The van der Waals surface area contributed by atoms with Gasteiger partial charge in [0.25, 0.3) is 5.91 Å². The Bertz CT molecular complexity index is 540. The van der Waals surface area contributed by atoms with Crippen LogP contribution in [0, 0.1) is 0 Å². The van der Waals surface area contributed by atoms with E-state index in [0.29, 0.717) is 13.1 Å². The Balaban J connectivity index is 1.93. The van der Waals surface area contributed by atoms with E-state index in [1.54, 1.807) is 23.0 Å². The van der Waals surface area contributed by atoms with E-state index in [2.05, 4.69) is 26.3 Å². The number of rotatable bonds is 4. The number of phenols is 1. The fraction of sp³-hybridized carbons (Fsp3) is 0.167. The lowest BCUT2D eigenvalue weighted by Crippen LogP contribution is -2.27. The summed E-state index contributed by atoms with van der Waals surface area (Å²) in [6.07, 6.45) is 3.50. The molecule has 0 aliphatic carbocycles. The maximum Gasteiger partial charge on any atom is 0.255 e. The minimum Gasteiger partial charge on any atom is -0.507 e. The molecule has 18 heavy (non-hydrogen) atoms. The monoisotopic (exact) mass is 309 g/mol. The molecule has 0 unspecified atom stereocenters. The quantitative estimate of drug-likeness (QED) is 0.904. The van der Waals surface area contributed by atoms with Gasteiger partial charge in [-0.25, -0.2) is 0 Å². The van der Waals surface area contributed by atoms with E-state index in [0.717, 1.165) is 4.47 Å². The lowest BCUT2D eigenvalue weighted by Gasteiger charge is -2.07. The van der Waals surface area contributed by atoms with Crippen molar-refractivity contribution >= 4 is 21.8 Å². The lowest BCUT2D eigenvalue weighted by atomic mass is 10.2. The Morgan fingerprint density at radius 3 is 3.06 bits per heavy atom. The van der Waals surface area contributed by atoms with Crippen molar-refractivity contribution < 1.29 is 9.90 Å². The number of nitrogens with zero attached hydrogens (tertiary/aromatic N) is 2. The summed E-state index contributed by atoms with van der Waals surface area (Å²) in [6, 6.07) is 6.56. The van der Waals surface area contributed by atoms with Gasteiger partial charge < -0.3 is 10.4 Å². The first-order chi connectivity index (χ1) is 8.66. The molecule has 0 radical (unpaired) electrons. The molecule has 1 aromatic carbocycles. The van der Waals surface area contributed by atoms with Crippen molar-refractivity contribution in [2.24, 2.45) is 0 Å². The number of amides is 1. The van der Waals surface area contributed by atoms with Gasteiger partial charge in [-0.2, -0.15) is 5.10 Å². The van der Waals surface area contributed by atoms with Gasteiger partial charge in [-0.15, -0.1) is 0 Å². The van der Waals surface area contributed by atoms with Crippen molar-refractivity contribution in [3.63, 3.8) is 0 Å². The van der Waals surface area contributed by atoms with Crippen LogP contribution in [0.2, 0.25) is 0 Å². The van der Waals surface area contributed by atoms with E-state index in [-0.39, 0.29) is 17.2 Å². The van der Waals surface area contributed by atoms with Crippen LogP contribution < -0.4 is 5.32 Å². The molecule has 94 valence electrons. The van der Waals surface area contributed by atoms with Crippen molar-refractivity contribution in [3.05, 3.63) is 46.7 Å². The second kappa shape index (κ2) is 5.68. The molecular weight excluding hydrogens is 298 g/mol. The Morgan fingerprint density at radius 2 is 2.33 bits per heavy atom. The molecule has 0 aliphatic heterocycles. The molecule has 1 heterocycles. The molecule has 1 amide bonds. The SMILES string of the molecule is O=C(NCCn1cccn1)c1cc(Br)ccc1O. The van der Waals surface area contributed by atoms with Gasteiger partial charge in [-0.3, -0.25) is 9.48 Å². The Labute approximate surface area is 113 Å². The molecule has 0 aliphatic rings. The summed E-state index contributed by atoms with van der Waals surface area (Å²) >= 11 is 3.26. The fourth-order valence-electron chi connectivity index (χ4n) is 1.50. The third kappa shape index (κ3) is 3.10. The first kappa shape index (κ1) is 12.6. The van der Waals surface area contributed by atoms with Crippen LogP contribution in [0.4, 0.5) is 0 Å². The molecule has 5 nitrogen and oxygen atoms in total. The molecule has 0 saturated carbocycles. The molecule has 1 aromatic heterocycles. The maximum absolute atomic E-state index is 11.8. The van der Waals surface area contributed by atoms with Crippen LogP contribution in [0.25, 0.3) is 0 Å². The zero-order chi connectivity index (χ0) is 13.0. The van der Waals surface area contributed by atoms with Gasteiger partial charge >= 0.3 is 0 Å². The molecule has 0 spiro atoms. The zero-order valence-electron chi connectivity index (χ0n) is 9.51. The van der Waals surface area contributed by atoms with E-state index < -0.39 is 0 Å². The summed E-state index contributed by atoms with van der Waals surface area (Å²) in [7, 11) is 0. The van der Waals surface area contributed by atoms with Gasteiger partial charge in [0.1, 0.15) is 5.75 Å². The summed E-state index contributed by atoms with van der Waals surface area (Å²) in [6.45, 7) is 1.04. The molecular formula is C12H12BrN3O2. The average Bonchev–Trinajstić information content (AvgIpc) is 2.85. The highest BCUT2D eigenvalue weighted by atomic mass is 79.9. The van der Waals surface area contributed by atoms with Gasteiger partial charge in [0.05, 0.1) is 12.1 Å². The van der Waals surface area contributed by atoms with E-state index in [9.17, 15) is 9.90 Å². The predicted octanol–water partition coefficient (Wildman–Crippen LogP) is 1.78. The molecule has 0 atom stereocenters. The second-order valence-corrected chi connectivity index (χ2v) is 4.60. The highest BCUT2D eigenvalue weighted by Gasteiger charge is 2.10. The number of phenolic OH excluding ortho intramolecular Hbond substituents is 1. The molecule has 2 rings (SSSR count). The molecule has 0 fully saturated rings. The minimum atomic E-state index is -0.305. The molecule has 2 aromatic rings.